The molecule has 0 bridgehead atoms. The molecular formula is C12H21NO5. The molecule has 1 amide bonds. The Kier molecular flexibility index (Phi) is 7.78. The Morgan fingerprint density at radius 1 is 1.50 bits per heavy atom. The highest BCUT2D eigenvalue weighted by Crippen LogP contribution is 2.06. The zero-order chi connectivity index (χ0) is 14.0. The number of rotatable bonds is 9. The van der Waals surface area contributed by atoms with E-state index in [0.717, 1.165) is 12.8 Å². The number of carboxylic acids is 1. The SMILES string of the molecule is C=CCOC[C@@](C)(NC(=O)OCCCC)C(=O)O. The molecule has 1 atom stereocenters. The monoisotopic (exact) mass is 259 g/mol. The lowest BCUT2D eigenvalue weighted by Crippen LogP contribution is -2.55. The molecule has 0 aromatic carbocycles. The highest BCUT2D eigenvalue weighted by atomic mass is 16.5. The van der Waals surface area contributed by atoms with E-state index in [2.05, 4.69) is 11.9 Å². The van der Waals surface area contributed by atoms with Crippen LogP contribution in [0.1, 0.15) is 26.7 Å². The van der Waals surface area contributed by atoms with E-state index in [0.29, 0.717) is 0 Å². The molecule has 0 aromatic heterocycles. The van der Waals surface area contributed by atoms with Gasteiger partial charge < -0.3 is 19.9 Å². The summed E-state index contributed by atoms with van der Waals surface area (Å²) in [6, 6.07) is 0. The van der Waals surface area contributed by atoms with E-state index in [1.807, 2.05) is 6.92 Å². The normalized spacial score (nSPS) is 13.4. The third-order valence-corrected chi connectivity index (χ3v) is 2.21. The van der Waals surface area contributed by atoms with Gasteiger partial charge in [-0.2, -0.15) is 0 Å². The summed E-state index contributed by atoms with van der Waals surface area (Å²) in [5.41, 5.74) is -1.51. The van der Waals surface area contributed by atoms with Crippen LogP contribution in [0.2, 0.25) is 0 Å². The maximum absolute atomic E-state index is 11.4. The van der Waals surface area contributed by atoms with Gasteiger partial charge in [0, 0.05) is 0 Å². The predicted octanol–water partition coefficient (Wildman–Crippen LogP) is 1.56. The molecule has 0 aliphatic rings. The third-order valence-electron chi connectivity index (χ3n) is 2.21. The van der Waals surface area contributed by atoms with Gasteiger partial charge in [0.15, 0.2) is 5.54 Å². The Bertz CT molecular complexity index is 292. The number of alkyl carbamates (subject to hydrolysis) is 1. The lowest BCUT2D eigenvalue weighted by Gasteiger charge is -2.25. The quantitative estimate of drug-likeness (QED) is 0.485. The van der Waals surface area contributed by atoms with Crippen molar-refractivity contribution in [3.8, 4) is 0 Å². The van der Waals surface area contributed by atoms with Crippen LogP contribution in [0.4, 0.5) is 4.79 Å². The van der Waals surface area contributed by atoms with Crippen molar-refractivity contribution in [1.29, 1.82) is 0 Å². The van der Waals surface area contributed by atoms with Gasteiger partial charge in [0.25, 0.3) is 0 Å². The van der Waals surface area contributed by atoms with Gasteiger partial charge in [0.1, 0.15) is 0 Å². The molecule has 0 radical (unpaired) electrons. The molecule has 6 nitrogen and oxygen atoms in total. The van der Waals surface area contributed by atoms with Crippen molar-refractivity contribution in [2.24, 2.45) is 0 Å². The van der Waals surface area contributed by atoms with E-state index in [-0.39, 0.29) is 19.8 Å². The van der Waals surface area contributed by atoms with Crippen molar-refractivity contribution < 1.29 is 24.2 Å². The van der Waals surface area contributed by atoms with Gasteiger partial charge in [-0.1, -0.05) is 19.4 Å². The van der Waals surface area contributed by atoms with E-state index in [4.69, 9.17) is 14.6 Å². The second kappa shape index (κ2) is 8.52. The number of carboxylic acid groups (broad SMARTS) is 1. The van der Waals surface area contributed by atoms with Gasteiger partial charge in [-0.05, 0) is 13.3 Å². The van der Waals surface area contributed by atoms with Crippen LogP contribution in [0, 0.1) is 0 Å². The zero-order valence-corrected chi connectivity index (χ0v) is 10.9. The summed E-state index contributed by atoms with van der Waals surface area (Å²) in [4.78, 5) is 22.5. The molecule has 6 heteroatoms. The van der Waals surface area contributed by atoms with Crippen LogP contribution < -0.4 is 5.32 Å². The number of carbonyl (C=O) groups excluding carboxylic acids is 1. The molecule has 0 rings (SSSR count). The first-order valence-electron chi connectivity index (χ1n) is 5.83. The number of carbonyl (C=O) groups is 2. The molecule has 0 heterocycles. The minimum Gasteiger partial charge on any atom is -0.479 e. The summed E-state index contributed by atoms with van der Waals surface area (Å²) in [7, 11) is 0. The van der Waals surface area contributed by atoms with Crippen LogP contribution in [0.25, 0.3) is 0 Å². The highest BCUT2D eigenvalue weighted by molar-refractivity contribution is 5.84. The highest BCUT2D eigenvalue weighted by Gasteiger charge is 2.35. The van der Waals surface area contributed by atoms with Gasteiger partial charge in [-0.25, -0.2) is 9.59 Å². The standard InChI is InChI=1S/C12H21NO5/c1-4-6-8-18-11(16)13-12(3,10(14)15)9-17-7-5-2/h5H,2,4,6-9H2,1,3H3,(H,13,16)(H,14,15)/t12-/m1/s1. The molecular weight excluding hydrogens is 238 g/mol. The minimum atomic E-state index is -1.51. The lowest BCUT2D eigenvalue weighted by molar-refractivity contribution is -0.146. The first-order chi connectivity index (χ1) is 8.46. The van der Waals surface area contributed by atoms with Crippen LogP contribution in [-0.2, 0) is 14.3 Å². The number of nitrogens with one attached hydrogen (secondary N) is 1. The molecule has 0 aliphatic carbocycles. The largest absolute Gasteiger partial charge is 0.479 e. The Hall–Kier alpha value is -1.56. The summed E-state index contributed by atoms with van der Waals surface area (Å²) < 4.78 is 9.91. The summed E-state index contributed by atoms with van der Waals surface area (Å²) in [6.45, 7) is 7.11. The maximum atomic E-state index is 11.4. The summed E-state index contributed by atoms with van der Waals surface area (Å²) in [5.74, 6) is -1.18. The Balaban J connectivity index is 4.27. The Morgan fingerprint density at radius 3 is 2.67 bits per heavy atom. The van der Waals surface area contributed by atoms with Crippen molar-refractivity contribution in [2.75, 3.05) is 19.8 Å². The fourth-order valence-electron chi connectivity index (χ4n) is 1.07. The average Bonchev–Trinajstić information content (AvgIpc) is 2.29. The second-order valence-electron chi connectivity index (χ2n) is 4.06. The number of amides is 1. The second-order valence-corrected chi connectivity index (χ2v) is 4.06. The van der Waals surface area contributed by atoms with Gasteiger partial charge in [-0.15, -0.1) is 6.58 Å². The van der Waals surface area contributed by atoms with Crippen LogP contribution in [-0.4, -0.2) is 42.5 Å². The topological polar surface area (TPSA) is 84.9 Å². The van der Waals surface area contributed by atoms with E-state index in [1.165, 1.54) is 13.0 Å². The zero-order valence-electron chi connectivity index (χ0n) is 10.9. The predicted molar refractivity (Wildman–Crippen MR) is 66.4 cm³/mol. The molecule has 0 spiro atoms. The smallest absolute Gasteiger partial charge is 0.408 e. The van der Waals surface area contributed by atoms with Gasteiger partial charge in [0.2, 0.25) is 0 Å². The molecule has 0 aliphatic heterocycles. The molecule has 0 saturated heterocycles. The van der Waals surface area contributed by atoms with Crippen molar-refractivity contribution in [3.63, 3.8) is 0 Å². The van der Waals surface area contributed by atoms with Crippen molar-refractivity contribution >= 4 is 12.1 Å². The van der Waals surface area contributed by atoms with Crippen molar-refractivity contribution in [1.82, 2.24) is 5.32 Å². The molecule has 104 valence electrons. The number of hydrogen-bond donors (Lipinski definition) is 2. The van der Waals surface area contributed by atoms with E-state index in [9.17, 15) is 9.59 Å². The lowest BCUT2D eigenvalue weighted by atomic mass is 10.1. The first kappa shape index (κ1) is 16.4. The van der Waals surface area contributed by atoms with E-state index in [1.54, 1.807) is 0 Å². The molecule has 2 N–H and O–H groups in total. The number of aliphatic carboxylic acids is 1. The van der Waals surface area contributed by atoms with Gasteiger partial charge in [-0.3, -0.25) is 0 Å². The fraction of sp³-hybridized carbons (Fsp3) is 0.667. The van der Waals surface area contributed by atoms with Crippen molar-refractivity contribution in [2.45, 2.75) is 32.2 Å². The summed E-state index contributed by atoms with van der Waals surface area (Å²) in [6.07, 6.45) is 2.38. The summed E-state index contributed by atoms with van der Waals surface area (Å²) >= 11 is 0. The van der Waals surface area contributed by atoms with Crippen LogP contribution in [0.15, 0.2) is 12.7 Å². The number of unbranched alkanes of at least 4 members (excludes halogenated alkanes) is 1. The van der Waals surface area contributed by atoms with Crippen LogP contribution >= 0.6 is 0 Å². The van der Waals surface area contributed by atoms with Gasteiger partial charge >= 0.3 is 12.1 Å². The van der Waals surface area contributed by atoms with E-state index >= 15 is 0 Å². The average molecular weight is 259 g/mol. The number of ether oxygens (including phenoxy) is 2. The minimum absolute atomic E-state index is 0.156. The first-order valence-corrected chi connectivity index (χ1v) is 5.83. The summed E-state index contributed by atoms with van der Waals surface area (Å²) in [5, 5.41) is 11.4. The molecule has 0 saturated carbocycles. The molecule has 0 unspecified atom stereocenters. The number of hydrogen-bond acceptors (Lipinski definition) is 4. The van der Waals surface area contributed by atoms with Crippen molar-refractivity contribution in [3.05, 3.63) is 12.7 Å². The van der Waals surface area contributed by atoms with Crippen LogP contribution in [0.5, 0.6) is 0 Å². The van der Waals surface area contributed by atoms with Crippen LogP contribution in [0.3, 0.4) is 0 Å². The van der Waals surface area contributed by atoms with Gasteiger partial charge in [0.05, 0.1) is 19.8 Å². The maximum Gasteiger partial charge on any atom is 0.408 e. The third kappa shape index (κ3) is 6.24. The molecule has 0 fully saturated rings. The van der Waals surface area contributed by atoms with E-state index < -0.39 is 17.6 Å². The Morgan fingerprint density at radius 2 is 2.17 bits per heavy atom. The molecule has 0 aromatic rings. The Labute approximate surface area is 107 Å². The molecule has 18 heavy (non-hydrogen) atoms. The fourth-order valence-corrected chi connectivity index (χ4v) is 1.07.